The van der Waals surface area contributed by atoms with E-state index in [9.17, 15) is 0 Å². The maximum absolute atomic E-state index is 5.77. The van der Waals surface area contributed by atoms with Gasteiger partial charge in [0.05, 0.1) is 14.2 Å². The lowest BCUT2D eigenvalue weighted by Gasteiger charge is -2.07. The van der Waals surface area contributed by atoms with Crippen molar-refractivity contribution in [3.05, 3.63) is 18.0 Å². The molecule has 0 radical (unpaired) electrons. The van der Waals surface area contributed by atoms with Crippen LogP contribution in [0.2, 0.25) is 0 Å². The third-order valence-electron chi connectivity index (χ3n) is 2.80. The maximum Gasteiger partial charge on any atom is 0.146 e. The Bertz CT molecular complexity index is 537. The predicted molar refractivity (Wildman–Crippen MR) is 68.2 cm³/mol. The molecule has 0 aliphatic heterocycles. The Balaban J connectivity index is 2.73. The number of hydrogen-bond acceptors (Lipinski definition) is 3. The number of rotatable bonds is 4. The van der Waals surface area contributed by atoms with Crippen LogP contribution < -0.4 is 9.47 Å². The van der Waals surface area contributed by atoms with Gasteiger partial charge in [-0.2, -0.15) is 0 Å². The molecule has 1 aromatic carbocycles. The normalized spacial score (nSPS) is 10.8. The van der Waals surface area contributed by atoms with E-state index in [1.54, 1.807) is 14.2 Å². The van der Waals surface area contributed by atoms with E-state index in [1.807, 2.05) is 23.7 Å². The van der Waals surface area contributed by atoms with Crippen molar-refractivity contribution in [2.45, 2.75) is 6.42 Å². The molecule has 92 valence electrons. The summed E-state index contributed by atoms with van der Waals surface area (Å²) in [7, 11) is 5.24. The van der Waals surface area contributed by atoms with Crippen LogP contribution in [0, 0.1) is 0 Å². The molecule has 1 aromatic heterocycles. The second-order valence-corrected chi connectivity index (χ2v) is 4.07. The number of nitrogens with zero attached hydrogens (tertiary/aromatic N) is 2. The number of alkyl halides is 1. The first-order chi connectivity index (χ1) is 8.22. The van der Waals surface area contributed by atoms with Gasteiger partial charge in [-0.1, -0.05) is 0 Å². The molecule has 0 N–H and O–H groups in total. The highest BCUT2D eigenvalue weighted by Gasteiger charge is 2.15. The van der Waals surface area contributed by atoms with Crippen molar-refractivity contribution in [1.82, 2.24) is 9.55 Å². The van der Waals surface area contributed by atoms with Gasteiger partial charge in [-0.15, -0.1) is 11.6 Å². The van der Waals surface area contributed by atoms with E-state index in [2.05, 4.69) is 4.98 Å². The first kappa shape index (κ1) is 12.0. The summed E-state index contributed by atoms with van der Waals surface area (Å²) in [4.78, 5) is 4.55. The molecule has 0 saturated heterocycles. The predicted octanol–water partition coefficient (Wildman–Crippen LogP) is 2.37. The molecule has 0 fully saturated rings. The number of halogens is 1. The van der Waals surface area contributed by atoms with Gasteiger partial charge < -0.3 is 14.0 Å². The number of benzene rings is 1. The molecule has 4 nitrogen and oxygen atoms in total. The van der Waals surface area contributed by atoms with Gasteiger partial charge in [0.1, 0.15) is 28.4 Å². The number of imidazole rings is 1. The van der Waals surface area contributed by atoms with Crippen LogP contribution in [0.15, 0.2) is 12.1 Å². The summed E-state index contributed by atoms with van der Waals surface area (Å²) in [6, 6.07) is 3.74. The van der Waals surface area contributed by atoms with Crippen LogP contribution in [0.25, 0.3) is 11.0 Å². The first-order valence-corrected chi connectivity index (χ1v) is 5.88. The smallest absolute Gasteiger partial charge is 0.146 e. The Kier molecular flexibility index (Phi) is 3.43. The Hall–Kier alpha value is -1.42. The summed E-state index contributed by atoms with van der Waals surface area (Å²) >= 11 is 5.77. The number of aromatic nitrogens is 2. The van der Waals surface area contributed by atoms with Crippen molar-refractivity contribution in [3.8, 4) is 11.5 Å². The number of ether oxygens (including phenoxy) is 2. The van der Waals surface area contributed by atoms with Gasteiger partial charge >= 0.3 is 0 Å². The van der Waals surface area contributed by atoms with Crippen LogP contribution in [-0.4, -0.2) is 29.7 Å². The monoisotopic (exact) mass is 254 g/mol. The number of fused-ring (bicyclic) bond motifs is 1. The molecule has 1 heterocycles. The standard InChI is InChI=1S/C12H15ClN2O2/c1-15-10(6-7-13)14-11-8(16-2)4-5-9(17-3)12(11)15/h4-5H,6-7H2,1-3H3. The highest BCUT2D eigenvalue weighted by atomic mass is 35.5. The van der Waals surface area contributed by atoms with E-state index in [-0.39, 0.29) is 0 Å². The van der Waals surface area contributed by atoms with Gasteiger partial charge in [-0.05, 0) is 12.1 Å². The number of aryl methyl sites for hydroxylation is 2. The zero-order valence-corrected chi connectivity index (χ0v) is 10.9. The van der Waals surface area contributed by atoms with Crippen LogP contribution in [0.1, 0.15) is 5.82 Å². The van der Waals surface area contributed by atoms with E-state index in [1.165, 1.54) is 0 Å². The van der Waals surface area contributed by atoms with Crippen molar-refractivity contribution in [2.75, 3.05) is 20.1 Å². The molecule has 0 bridgehead atoms. The Morgan fingerprint density at radius 2 is 1.88 bits per heavy atom. The van der Waals surface area contributed by atoms with Crippen molar-refractivity contribution in [1.29, 1.82) is 0 Å². The SMILES string of the molecule is COc1ccc(OC)c2c1nc(CCCl)n2C. The summed E-state index contributed by atoms with van der Waals surface area (Å²) in [5.74, 6) is 3.01. The molecule has 5 heteroatoms. The molecule has 0 spiro atoms. The minimum absolute atomic E-state index is 0.543. The lowest BCUT2D eigenvalue weighted by atomic mass is 10.2. The molecular weight excluding hydrogens is 240 g/mol. The second-order valence-electron chi connectivity index (χ2n) is 3.69. The molecular formula is C12H15ClN2O2. The molecule has 0 saturated carbocycles. The van der Waals surface area contributed by atoms with Crippen molar-refractivity contribution < 1.29 is 9.47 Å². The van der Waals surface area contributed by atoms with Gasteiger partial charge in [-0.3, -0.25) is 0 Å². The summed E-state index contributed by atoms with van der Waals surface area (Å²) in [6.07, 6.45) is 0.721. The lowest BCUT2D eigenvalue weighted by molar-refractivity contribution is 0.409. The minimum atomic E-state index is 0.543. The van der Waals surface area contributed by atoms with Crippen LogP contribution in [0.5, 0.6) is 11.5 Å². The van der Waals surface area contributed by atoms with Crippen LogP contribution in [0.3, 0.4) is 0 Å². The second kappa shape index (κ2) is 4.84. The topological polar surface area (TPSA) is 36.3 Å². The summed E-state index contributed by atoms with van der Waals surface area (Å²) < 4.78 is 12.7. The molecule has 0 unspecified atom stereocenters. The zero-order valence-electron chi connectivity index (χ0n) is 10.2. The Morgan fingerprint density at radius 3 is 2.47 bits per heavy atom. The number of hydrogen-bond donors (Lipinski definition) is 0. The average molecular weight is 255 g/mol. The maximum atomic E-state index is 5.77. The van der Waals surface area contributed by atoms with Crippen LogP contribution in [-0.2, 0) is 13.5 Å². The Labute approximate surface area is 105 Å². The molecule has 2 rings (SSSR count). The molecule has 0 aliphatic rings. The average Bonchev–Trinajstić information content (AvgIpc) is 2.67. The molecule has 0 amide bonds. The lowest BCUT2D eigenvalue weighted by Crippen LogP contribution is -1.99. The fraction of sp³-hybridized carbons (Fsp3) is 0.417. The first-order valence-electron chi connectivity index (χ1n) is 5.35. The van der Waals surface area contributed by atoms with Gasteiger partial charge in [-0.25, -0.2) is 4.98 Å². The van der Waals surface area contributed by atoms with Crippen LogP contribution >= 0.6 is 11.6 Å². The van der Waals surface area contributed by atoms with Crippen molar-refractivity contribution in [2.24, 2.45) is 7.05 Å². The fourth-order valence-electron chi connectivity index (χ4n) is 1.95. The van der Waals surface area contributed by atoms with Gasteiger partial charge in [0.15, 0.2) is 0 Å². The van der Waals surface area contributed by atoms with E-state index in [4.69, 9.17) is 21.1 Å². The fourth-order valence-corrected chi connectivity index (χ4v) is 2.11. The molecule has 0 aliphatic carbocycles. The third kappa shape index (κ3) is 1.93. The van der Waals surface area contributed by atoms with Gasteiger partial charge in [0.2, 0.25) is 0 Å². The van der Waals surface area contributed by atoms with E-state index < -0.39 is 0 Å². The Morgan fingerprint density at radius 1 is 1.24 bits per heavy atom. The molecule has 0 atom stereocenters. The minimum Gasteiger partial charge on any atom is -0.494 e. The zero-order chi connectivity index (χ0) is 12.4. The van der Waals surface area contributed by atoms with Crippen LogP contribution in [0.4, 0.5) is 0 Å². The number of methoxy groups -OCH3 is 2. The summed E-state index contributed by atoms with van der Waals surface area (Å²) in [5, 5.41) is 0. The highest BCUT2D eigenvalue weighted by molar-refractivity contribution is 6.17. The van der Waals surface area contributed by atoms with E-state index in [0.29, 0.717) is 5.88 Å². The van der Waals surface area contributed by atoms with Crippen molar-refractivity contribution >= 4 is 22.6 Å². The van der Waals surface area contributed by atoms with Gasteiger partial charge in [0, 0.05) is 19.3 Å². The van der Waals surface area contributed by atoms with E-state index in [0.717, 1.165) is 34.8 Å². The highest BCUT2D eigenvalue weighted by Crippen LogP contribution is 2.32. The summed E-state index contributed by atoms with van der Waals surface area (Å²) in [6.45, 7) is 0. The van der Waals surface area contributed by atoms with Crippen molar-refractivity contribution in [3.63, 3.8) is 0 Å². The largest absolute Gasteiger partial charge is 0.494 e. The summed E-state index contributed by atoms with van der Waals surface area (Å²) in [5.41, 5.74) is 1.75. The molecule has 17 heavy (non-hydrogen) atoms. The molecule has 2 aromatic rings. The van der Waals surface area contributed by atoms with Gasteiger partial charge in [0.25, 0.3) is 0 Å². The van der Waals surface area contributed by atoms with E-state index >= 15 is 0 Å². The third-order valence-corrected chi connectivity index (χ3v) is 2.99. The quantitative estimate of drug-likeness (QED) is 0.786.